The summed E-state index contributed by atoms with van der Waals surface area (Å²) >= 11 is 5.86. The molecule has 0 amide bonds. The number of fused-ring (bicyclic) bond motifs is 4. The topological polar surface area (TPSA) is 89.1 Å². The van der Waals surface area contributed by atoms with Crippen molar-refractivity contribution in [2.45, 2.75) is 25.0 Å². The number of halogens is 1. The van der Waals surface area contributed by atoms with Gasteiger partial charge in [0.1, 0.15) is 34.2 Å². The van der Waals surface area contributed by atoms with Gasteiger partial charge >= 0.3 is 0 Å². The molecular weight excluding hydrogens is 360 g/mol. The summed E-state index contributed by atoms with van der Waals surface area (Å²) in [4.78, 5) is 13.0. The summed E-state index contributed by atoms with van der Waals surface area (Å²) in [7, 11) is 1.45. The molecule has 0 bridgehead atoms. The highest BCUT2D eigenvalue weighted by Crippen LogP contribution is 2.43. The Morgan fingerprint density at radius 1 is 1.38 bits per heavy atom. The fraction of sp³-hybridized carbons (Fsp3) is 0.316. The Balaban J connectivity index is 2.06. The highest BCUT2D eigenvalue weighted by Gasteiger charge is 2.40. The number of benzene rings is 2. The van der Waals surface area contributed by atoms with E-state index < -0.39 is 11.7 Å². The predicted octanol–water partition coefficient (Wildman–Crippen LogP) is 2.95. The van der Waals surface area contributed by atoms with Crippen molar-refractivity contribution in [2.75, 3.05) is 13.0 Å². The standard InChI is InChI=1S/C19H17ClO6/c1-19(23,8-20)14-6-10-12(25-14)7-13(24-2)15-16(22)9-4-3-5-11(21)17(9)26-18(10)15/h3-5,7,14,21,23H,6,8H2,1-2H3/t14?,19-/m1/s1. The van der Waals surface area contributed by atoms with E-state index in [1.807, 2.05) is 0 Å². The minimum atomic E-state index is -1.25. The van der Waals surface area contributed by atoms with Crippen LogP contribution in [0.1, 0.15) is 12.5 Å². The average Bonchev–Trinajstić information content (AvgIpc) is 3.07. The van der Waals surface area contributed by atoms with Crippen LogP contribution in [0.3, 0.4) is 0 Å². The fourth-order valence-electron chi connectivity index (χ4n) is 3.30. The zero-order chi connectivity index (χ0) is 18.6. The number of phenolic OH excluding ortho intramolecular Hbond substituents is 1. The van der Waals surface area contributed by atoms with Crippen molar-refractivity contribution >= 4 is 33.5 Å². The Labute approximate surface area is 153 Å². The van der Waals surface area contributed by atoms with Gasteiger partial charge in [0.15, 0.2) is 11.3 Å². The minimum absolute atomic E-state index is 0.00557. The molecule has 0 spiro atoms. The number of hydrogen-bond donors (Lipinski definition) is 2. The average molecular weight is 377 g/mol. The summed E-state index contributed by atoms with van der Waals surface area (Å²) in [6, 6.07) is 6.24. The third-order valence-electron chi connectivity index (χ3n) is 4.82. The summed E-state index contributed by atoms with van der Waals surface area (Å²) in [5.41, 5.74) is -0.526. The second-order valence-electron chi connectivity index (χ2n) is 6.65. The number of alkyl halides is 1. The van der Waals surface area contributed by atoms with Crippen LogP contribution in [0.15, 0.2) is 33.5 Å². The van der Waals surface area contributed by atoms with Crippen molar-refractivity contribution in [2.24, 2.45) is 0 Å². The van der Waals surface area contributed by atoms with E-state index in [1.165, 1.54) is 13.2 Å². The van der Waals surface area contributed by atoms with E-state index in [-0.39, 0.29) is 39.0 Å². The van der Waals surface area contributed by atoms with Crippen LogP contribution in [0.25, 0.3) is 21.9 Å². The number of rotatable bonds is 3. The smallest absolute Gasteiger partial charge is 0.204 e. The van der Waals surface area contributed by atoms with Gasteiger partial charge in [0.2, 0.25) is 5.43 Å². The summed E-state index contributed by atoms with van der Waals surface area (Å²) in [5.74, 6) is 0.641. The van der Waals surface area contributed by atoms with Crippen molar-refractivity contribution < 1.29 is 24.1 Å². The Hall–Kier alpha value is -2.44. The number of para-hydroxylation sites is 1. The maximum atomic E-state index is 13.0. The van der Waals surface area contributed by atoms with Gasteiger partial charge < -0.3 is 24.1 Å². The Bertz CT molecular complexity index is 1090. The van der Waals surface area contributed by atoms with Crippen LogP contribution < -0.4 is 14.9 Å². The molecule has 0 saturated heterocycles. The molecule has 136 valence electrons. The van der Waals surface area contributed by atoms with E-state index in [0.717, 1.165) is 0 Å². The molecule has 1 aromatic heterocycles. The molecule has 2 heterocycles. The van der Waals surface area contributed by atoms with Crippen LogP contribution in [-0.4, -0.2) is 34.9 Å². The summed E-state index contributed by atoms with van der Waals surface area (Å²) in [5, 5.41) is 21.1. The van der Waals surface area contributed by atoms with Crippen LogP contribution in [0, 0.1) is 0 Å². The molecule has 0 aliphatic carbocycles. The zero-order valence-corrected chi connectivity index (χ0v) is 15.0. The Morgan fingerprint density at radius 2 is 2.15 bits per heavy atom. The third kappa shape index (κ3) is 2.33. The zero-order valence-electron chi connectivity index (χ0n) is 14.2. The van der Waals surface area contributed by atoms with Gasteiger partial charge in [0, 0.05) is 18.1 Å². The van der Waals surface area contributed by atoms with E-state index in [0.29, 0.717) is 23.5 Å². The lowest BCUT2D eigenvalue weighted by Crippen LogP contribution is -2.44. The molecule has 7 heteroatoms. The van der Waals surface area contributed by atoms with E-state index in [4.69, 9.17) is 25.5 Å². The molecule has 26 heavy (non-hydrogen) atoms. The van der Waals surface area contributed by atoms with E-state index in [1.54, 1.807) is 25.1 Å². The highest BCUT2D eigenvalue weighted by atomic mass is 35.5. The number of phenols is 1. The first-order chi connectivity index (χ1) is 12.4. The van der Waals surface area contributed by atoms with Crippen molar-refractivity contribution in [1.82, 2.24) is 0 Å². The highest BCUT2D eigenvalue weighted by molar-refractivity contribution is 6.18. The van der Waals surface area contributed by atoms with Gasteiger partial charge in [-0.1, -0.05) is 6.07 Å². The van der Waals surface area contributed by atoms with Gasteiger partial charge in [-0.2, -0.15) is 0 Å². The van der Waals surface area contributed by atoms with Crippen molar-refractivity contribution in [3.05, 3.63) is 40.1 Å². The molecule has 1 aliphatic rings. The van der Waals surface area contributed by atoms with Crippen LogP contribution >= 0.6 is 11.6 Å². The van der Waals surface area contributed by atoms with Crippen LogP contribution in [0.4, 0.5) is 0 Å². The second-order valence-corrected chi connectivity index (χ2v) is 6.91. The molecule has 4 rings (SSSR count). The first-order valence-corrected chi connectivity index (χ1v) is 8.64. The maximum Gasteiger partial charge on any atom is 0.204 e. The lowest BCUT2D eigenvalue weighted by atomic mass is 9.96. The van der Waals surface area contributed by atoms with Crippen LogP contribution in [0.5, 0.6) is 17.2 Å². The van der Waals surface area contributed by atoms with Gasteiger partial charge in [-0.15, -0.1) is 11.6 Å². The second kappa shape index (κ2) is 5.79. The Kier molecular flexibility index (Phi) is 3.78. The van der Waals surface area contributed by atoms with Crippen LogP contribution in [0.2, 0.25) is 0 Å². The monoisotopic (exact) mass is 376 g/mol. The lowest BCUT2D eigenvalue weighted by Gasteiger charge is -2.26. The molecule has 0 radical (unpaired) electrons. The molecule has 0 fully saturated rings. The molecule has 3 aromatic rings. The quantitative estimate of drug-likeness (QED) is 0.539. The van der Waals surface area contributed by atoms with Crippen molar-refractivity contribution in [1.29, 1.82) is 0 Å². The fourth-order valence-corrected chi connectivity index (χ4v) is 3.47. The van der Waals surface area contributed by atoms with E-state index in [2.05, 4.69) is 0 Å². The van der Waals surface area contributed by atoms with E-state index >= 15 is 0 Å². The summed E-state index contributed by atoms with van der Waals surface area (Å²) in [6.45, 7) is 1.59. The third-order valence-corrected chi connectivity index (χ3v) is 5.36. The molecular formula is C19H17ClO6. The van der Waals surface area contributed by atoms with Crippen LogP contribution in [-0.2, 0) is 6.42 Å². The number of methoxy groups -OCH3 is 1. The minimum Gasteiger partial charge on any atom is -0.504 e. The number of ether oxygens (including phenoxy) is 2. The summed E-state index contributed by atoms with van der Waals surface area (Å²) in [6.07, 6.45) is -0.270. The predicted molar refractivity (Wildman–Crippen MR) is 97.7 cm³/mol. The van der Waals surface area contributed by atoms with E-state index in [9.17, 15) is 15.0 Å². The first kappa shape index (κ1) is 17.0. The van der Waals surface area contributed by atoms with Gasteiger partial charge in [-0.3, -0.25) is 4.79 Å². The number of aromatic hydroxyl groups is 1. The molecule has 1 aliphatic heterocycles. The SMILES string of the molecule is COc1cc2c(c3oc4c(O)cccc4c(=O)c13)CC([C@](C)(O)CCl)O2. The number of hydrogen-bond acceptors (Lipinski definition) is 6. The first-order valence-electron chi connectivity index (χ1n) is 8.10. The van der Waals surface area contributed by atoms with Gasteiger partial charge in [-0.05, 0) is 19.1 Å². The normalized spacial score (nSPS) is 18.5. The lowest BCUT2D eigenvalue weighted by molar-refractivity contribution is -0.0201. The molecule has 0 saturated carbocycles. The van der Waals surface area contributed by atoms with Gasteiger partial charge in [0.25, 0.3) is 0 Å². The molecule has 2 N–H and O–H groups in total. The summed E-state index contributed by atoms with van der Waals surface area (Å²) < 4.78 is 17.1. The largest absolute Gasteiger partial charge is 0.504 e. The van der Waals surface area contributed by atoms with Crippen molar-refractivity contribution in [3.63, 3.8) is 0 Å². The Morgan fingerprint density at radius 3 is 2.85 bits per heavy atom. The molecule has 6 nitrogen and oxygen atoms in total. The maximum absolute atomic E-state index is 13.0. The molecule has 2 aromatic carbocycles. The van der Waals surface area contributed by atoms with Gasteiger partial charge in [-0.25, -0.2) is 0 Å². The molecule has 2 atom stereocenters. The van der Waals surface area contributed by atoms with Crippen molar-refractivity contribution in [3.8, 4) is 17.2 Å². The number of aliphatic hydroxyl groups is 1. The van der Waals surface area contributed by atoms with Gasteiger partial charge in [0.05, 0.1) is 18.4 Å². The molecule has 1 unspecified atom stereocenters.